The minimum atomic E-state index is -4.44. The first-order valence-electron chi connectivity index (χ1n) is 4.58. The van der Waals surface area contributed by atoms with Crippen molar-refractivity contribution in [1.29, 1.82) is 0 Å². The summed E-state index contributed by atoms with van der Waals surface area (Å²) in [4.78, 5) is 10.9. The van der Waals surface area contributed by atoms with Crippen molar-refractivity contribution in [3.8, 4) is 0 Å². The zero-order valence-electron chi connectivity index (χ0n) is 8.46. The van der Waals surface area contributed by atoms with Gasteiger partial charge in [-0.05, 0) is 34.2 Å². The maximum absolute atomic E-state index is 12.0. The lowest BCUT2D eigenvalue weighted by atomic mass is 10.1. The summed E-state index contributed by atoms with van der Waals surface area (Å²) < 4.78 is 36.7. The van der Waals surface area contributed by atoms with Gasteiger partial charge in [0.1, 0.15) is 6.04 Å². The Balaban J connectivity index is 2.88. The van der Waals surface area contributed by atoms with Crippen LogP contribution in [-0.2, 0) is 4.79 Å². The summed E-state index contributed by atoms with van der Waals surface area (Å²) in [5, 5.41) is 10.9. The number of halogens is 4. The summed E-state index contributed by atoms with van der Waals surface area (Å²) in [6, 6.07) is 5.05. The maximum Gasteiger partial charge on any atom is 0.401 e. The fourth-order valence-electron chi connectivity index (χ4n) is 1.26. The third-order valence-electron chi connectivity index (χ3n) is 1.97. The summed E-state index contributed by atoms with van der Waals surface area (Å²) in [6.07, 6.45) is -4.44. The average Bonchev–Trinajstić information content (AvgIpc) is 2.18. The minimum Gasteiger partial charge on any atom is -0.480 e. The highest BCUT2D eigenvalue weighted by molar-refractivity contribution is 14.1. The summed E-state index contributed by atoms with van der Waals surface area (Å²) in [6.45, 7) is -1.34. The van der Waals surface area contributed by atoms with Crippen LogP contribution in [0.4, 0.5) is 13.2 Å². The van der Waals surface area contributed by atoms with E-state index >= 15 is 0 Å². The van der Waals surface area contributed by atoms with Crippen molar-refractivity contribution in [1.82, 2.24) is 5.32 Å². The molecule has 0 heterocycles. The standard InChI is InChI=1S/C10H9F3INO2/c11-10(12,13)5-15-8(9(16)17)6-3-1-2-4-7(6)14/h1-4,8,15H,5H2,(H,16,17). The van der Waals surface area contributed by atoms with Gasteiger partial charge in [0.05, 0.1) is 6.54 Å². The Morgan fingerprint density at radius 2 is 2.00 bits per heavy atom. The van der Waals surface area contributed by atoms with Gasteiger partial charge >= 0.3 is 12.1 Å². The van der Waals surface area contributed by atoms with Crippen LogP contribution in [0.25, 0.3) is 0 Å². The Morgan fingerprint density at radius 3 is 2.47 bits per heavy atom. The van der Waals surface area contributed by atoms with E-state index in [0.717, 1.165) is 0 Å². The molecule has 0 fully saturated rings. The highest BCUT2D eigenvalue weighted by atomic mass is 127. The van der Waals surface area contributed by atoms with E-state index in [9.17, 15) is 18.0 Å². The van der Waals surface area contributed by atoms with Crippen LogP contribution in [0, 0.1) is 3.57 Å². The molecule has 1 aromatic carbocycles. The molecule has 3 nitrogen and oxygen atoms in total. The molecule has 1 unspecified atom stereocenters. The summed E-state index contributed by atoms with van der Waals surface area (Å²) >= 11 is 1.88. The van der Waals surface area contributed by atoms with Gasteiger partial charge in [-0.15, -0.1) is 0 Å². The number of hydrogen-bond donors (Lipinski definition) is 2. The number of alkyl halides is 3. The van der Waals surface area contributed by atoms with Crippen molar-refractivity contribution in [2.75, 3.05) is 6.54 Å². The topological polar surface area (TPSA) is 49.3 Å². The molecule has 94 valence electrons. The van der Waals surface area contributed by atoms with E-state index in [1.54, 1.807) is 18.2 Å². The lowest BCUT2D eigenvalue weighted by molar-refractivity contribution is -0.143. The van der Waals surface area contributed by atoms with Gasteiger partial charge in [-0.2, -0.15) is 13.2 Å². The molecule has 0 radical (unpaired) electrons. The van der Waals surface area contributed by atoms with E-state index in [1.165, 1.54) is 6.07 Å². The predicted octanol–water partition coefficient (Wildman–Crippen LogP) is 2.57. The number of aliphatic carboxylic acids is 1. The molecular weight excluding hydrogens is 350 g/mol. The third-order valence-corrected chi connectivity index (χ3v) is 2.95. The highest BCUT2D eigenvalue weighted by Gasteiger charge is 2.31. The van der Waals surface area contributed by atoms with Crippen molar-refractivity contribution < 1.29 is 23.1 Å². The van der Waals surface area contributed by atoms with Crippen molar-refractivity contribution in [2.45, 2.75) is 12.2 Å². The molecule has 1 rings (SSSR count). The number of carboxylic acids is 1. The number of hydrogen-bond acceptors (Lipinski definition) is 2. The van der Waals surface area contributed by atoms with Gasteiger partial charge in [-0.3, -0.25) is 10.1 Å². The molecule has 0 aliphatic heterocycles. The Labute approximate surface area is 109 Å². The van der Waals surface area contributed by atoms with Crippen LogP contribution in [0.15, 0.2) is 24.3 Å². The molecule has 2 N–H and O–H groups in total. The first kappa shape index (κ1) is 14.2. The van der Waals surface area contributed by atoms with Crippen LogP contribution in [0.5, 0.6) is 0 Å². The molecule has 0 bridgehead atoms. The second-order valence-corrected chi connectivity index (χ2v) is 4.45. The molecule has 0 aliphatic carbocycles. The van der Waals surface area contributed by atoms with Gasteiger partial charge in [0.15, 0.2) is 0 Å². The highest BCUT2D eigenvalue weighted by Crippen LogP contribution is 2.22. The van der Waals surface area contributed by atoms with Crippen molar-refractivity contribution in [2.24, 2.45) is 0 Å². The van der Waals surface area contributed by atoms with Crippen molar-refractivity contribution in [3.63, 3.8) is 0 Å². The monoisotopic (exact) mass is 359 g/mol. The molecule has 7 heteroatoms. The molecule has 0 saturated carbocycles. The predicted molar refractivity (Wildman–Crippen MR) is 63.6 cm³/mol. The second kappa shape index (κ2) is 5.67. The Kier molecular flexibility index (Phi) is 4.75. The Morgan fingerprint density at radius 1 is 1.41 bits per heavy atom. The molecule has 0 spiro atoms. The molecule has 0 saturated heterocycles. The van der Waals surface area contributed by atoms with Gasteiger partial charge in [0, 0.05) is 3.57 Å². The van der Waals surface area contributed by atoms with Gasteiger partial charge in [0.2, 0.25) is 0 Å². The molecular formula is C10H9F3INO2. The van der Waals surface area contributed by atoms with E-state index < -0.39 is 24.7 Å². The lowest BCUT2D eigenvalue weighted by Crippen LogP contribution is -2.36. The van der Waals surface area contributed by atoms with E-state index in [4.69, 9.17) is 5.11 Å². The summed E-state index contributed by atoms with van der Waals surface area (Å²) in [5.74, 6) is -1.33. The van der Waals surface area contributed by atoms with Crippen molar-refractivity contribution >= 4 is 28.6 Å². The minimum absolute atomic E-state index is 0.324. The van der Waals surface area contributed by atoms with E-state index in [1.807, 2.05) is 27.9 Å². The van der Waals surface area contributed by atoms with Crippen LogP contribution < -0.4 is 5.32 Å². The van der Waals surface area contributed by atoms with Gasteiger partial charge in [0.25, 0.3) is 0 Å². The second-order valence-electron chi connectivity index (χ2n) is 3.29. The SMILES string of the molecule is O=C(O)C(NCC(F)(F)F)c1ccccc1I. The zero-order valence-corrected chi connectivity index (χ0v) is 10.6. The number of rotatable bonds is 4. The van der Waals surface area contributed by atoms with Gasteiger partial charge in [-0.1, -0.05) is 18.2 Å². The van der Waals surface area contributed by atoms with Crippen molar-refractivity contribution in [3.05, 3.63) is 33.4 Å². The molecule has 1 atom stereocenters. The fourth-order valence-corrected chi connectivity index (χ4v) is 1.96. The Hall–Kier alpha value is -0.830. The molecule has 0 aliphatic rings. The van der Waals surface area contributed by atoms with Gasteiger partial charge < -0.3 is 5.11 Å². The van der Waals surface area contributed by atoms with Crippen LogP contribution in [0.3, 0.4) is 0 Å². The fraction of sp³-hybridized carbons (Fsp3) is 0.300. The average molecular weight is 359 g/mol. The Bertz CT molecular complexity index is 409. The van der Waals surface area contributed by atoms with Crippen LogP contribution in [0.2, 0.25) is 0 Å². The largest absolute Gasteiger partial charge is 0.480 e. The first-order chi connectivity index (χ1) is 7.81. The van der Waals surface area contributed by atoms with E-state index in [2.05, 4.69) is 0 Å². The molecule has 0 amide bonds. The summed E-state index contributed by atoms with van der Waals surface area (Å²) in [7, 11) is 0. The van der Waals surface area contributed by atoms with Crippen LogP contribution in [0.1, 0.15) is 11.6 Å². The maximum atomic E-state index is 12.0. The normalized spacial score (nSPS) is 13.4. The van der Waals surface area contributed by atoms with E-state index in [-0.39, 0.29) is 0 Å². The number of carboxylic acid groups (broad SMARTS) is 1. The number of nitrogens with one attached hydrogen (secondary N) is 1. The summed E-state index contributed by atoms with van der Waals surface area (Å²) in [5.41, 5.74) is 0.324. The molecule has 0 aromatic heterocycles. The van der Waals surface area contributed by atoms with Gasteiger partial charge in [-0.25, -0.2) is 0 Å². The quantitative estimate of drug-likeness (QED) is 0.813. The number of carbonyl (C=O) groups is 1. The number of benzene rings is 1. The first-order valence-corrected chi connectivity index (χ1v) is 5.66. The van der Waals surface area contributed by atoms with E-state index in [0.29, 0.717) is 9.13 Å². The molecule has 1 aromatic rings. The van der Waals surface area contributed by atoms with Crippen LogP contribution in [-0.4, -0.2) is 23.8 Å². The van der Waals surface area contributed by atoms with Crippen LogP contribution >= 0.6 is 22.6 Å². The third kappa shape index (κ3) is 4.50. The molecule has 17 heavy (non-hydrogen) atoms. The zero-order chi connectivity index (χ0) is 13.1. The smallest absolute Gasteiger partial charge is 0.401 e. The lowest BCUT2D eigenvalue weighted by Gasteiger charge is -2.17.